The number of allylic oxidation sites excluding steroid dienone is 1. The third kappa shape index (κ3) is 3.59. The van der Waals surface area contributed by atoms with Gasteiger partial charge in [0.1, 0.15) is 5.75 Å². The molecule has 0 aliphatic rings. The van der Waals surface area contributed by atoms with E-state index >= 15 is 0 Å². The van der Waals surface area contributed by atoms with Gasteiger partial charge < -0.3 is 5.11 Å². The van der Waals surface area contributed by atoms with Gasteiger partial charge in [-0.05, 0) is 35.9 Å². The van der Waals surface area contributed by atoms with Crippen LogP contribution in [0.2, 0.25) is 0 Å². The van der Waals surface area contributed by atoms with Gasteiger partial charge in [-0.15, -0.1) is 0 Å². The van der Waals surface area contributed by atoms with E-state index in [1.165, 1.54) is 18.2 Å². The maximum absolute atomic E-state index is 11.8. The van der Waals surface area contributed by atoms with Crippen LogP contribution in [0.5, 0.6) is 5.75 Å². The molecular formula is C16H16O2. The van der Waals surface area contributed by atoms with Crippen LogP contribution in [0.1, 0.15) is 23.3 Å². The van der Waals surface area contributed by atoms with E-state index in [1.807, 2.05) is 30.3 Å². The summed E-state index contributed by atoms with van der Waals surface area (Å²) in [6, 6.07) is 15.9. The van der Waals surface area contributed by atoms with Gasteiger partial charge in [0.2, 0.25) is 0 Å². The Labute approximate surface area is 107 Å². The fourth-order valence-electron chi connectivity index (χ4n) is 1.46. The molecule has 0 amide bonds. The lowest BCUT2D eigenvalue weighted by Crippen LogP contribution is -1.92. The monoisotopic (exact) mass is 240 g/mol. The molecule has 0 fully saturated rings. The van der Waals surface area contributed by atoms with Gasteiger partial charge >= 0.3 is 0 Å². The molecule has 0 atom stereocenters. The lowest BCUT2D eigenvalue weighted by atomic mass is 10.1. The number of rotatable bonds is 3. The molecule has 0 radical (unpaired) electrons. The first-order valence-electron chi connectivity index (χ1n) is 5.32. The van der Waals surface area contributed by atoms with Crippen LogP contribution in [0.3, 0.4) is 0 Å². The molecule has 18 heavy (non-hydrogen) atoms. The Bertz CT molecular complexity index is 525. The maximum atomic E-state index is 11.8. The maximum Gasteiger partial charge on any atom is 0.185 e. The molecule has 0 aliphatic heterocycles. The first-order valence-corrected chi connectivity index (χ1v) is 5.32. The number of ketones is 1. The normalized spacial score (nSPS) is 10.0. The van der Waals surface area contributed by atoms with Gasteiger partial charge in [0, 0.05) is 5.56 Å². The van der Waals surface area contributed by atoms with Crippen LogP contribution in [-0.4, -0.2) is 10.9 Å². The average molecular weight is 240 g/mol. The van der Waals surface area contributed by atoms with E-state index in [9.17, 15) is 4.79 Å². The van der Waals surface area contributed by atoms with E-state index < -0.39 is 0 Å². The second-order valence-corrected chi connectivity index (χ2v) is 3.66. The van der Waals surface area contributed by atoms with Crippen LogP contribution in [0.25, 0.3) is 6.08 Å². The van der Waals surface area contributed by atoms with E-state index in [0.29, 0.717) is 5.56 Å². The van der Waals surface area contributed by atoms with Crippen molar-refractivity contribution >= 4 is 11.9 Å². The molecular weight excluding hydrogens is 224 g/mol. The van der Waals surface area contributed by atoms with E-state index in [2.05, 4.69) is 0 Å². The Balaban J connectivity index is 0.00000162. The Morgan fingerprint density at radius 2 is 1.56 bits per heavy atom. The molecule has 0 bridgehead atoms. The lowest BCUT2D eigenvalue weighted by molar-refractivity contribution is 0.104. The van der Waals surface area contributed by atoms with Gasteiger partial charge in [-0.1, -0.05) is 43.8 Å². The van der Waals surface area contributed by atoms with Crippen LogP contribution in [0.4, 0.5) is 0 Å². The van der Waals surface area contributed by atoms with Gasteiger partial charge in [-0.2, -0.15) is 0 Å². The fourth-order valence-corrected chi connectivity index (χ4v) is 1.46. The third-order valence-electron chi connectivity index (χ3n) is 2.38. The summed E-state index contributed by atoms with van der Waals surface area (Å²) in [5.74, 6) is 0.0856. The van der Waals surface area contributed by atoms with Crippen molar-refractivity contribution in [2.75, 3.05) is 0 Å². The highest BCUT2D eigenvalue weighted by atomic mass is 16.3. The number of phenolic OH excluding ortho intramolecular Hbond substituents is 1. The van der Waals surface area contributed by atoms with Crippen LogP contribution in [-0.2, 0) is 0 Å². The Morgan fingerprint density at radius 3 is 2.17 bits per heavy atom. The second-order valence-electron chi connectivity index (χ2n) is 3.66. The molecule has 0 saturated carbocycles. The Hall–Kier alpha value is -2.35. The molecule has 1 N–H and O–H groups in total. The standard InChI is InChI=1S/C15H12O2.CH4/c16-14-9-7-13(8-10-14)15(17)11-6-12-4-2-1-3-5-12;/h1-11,16H;1H4/b11-6+;. The zero-order valence-electron chi connectivity index (χ0n) is 9.21. The van der Waals surface area contributed by atoms with Crippen molar-refractivity contribution in [2.24, 2.45) is 0 Å². The fraction of sp³-hybridized carbons (Fsp3) is 0.0625. The summed E-state index contributed by atoms with van der Waals surface area (Å²) in [7, 11) is 0. The van der Waals surface area contributed by atoms with Crippen LogP contribution >= 0.6 is 0 Å². The van der Waals surface area contributed by atoms with Crippen molar-refractivity contribution in [2.45, 2.75) is 7.43 Å². The highest BCUT2D eigenvalue weighted by Gasteiger charge is 2.00. The minimum Gasteiger partial charge on any atom is -0.508 e. The summed E-state index contributed by atoms with van der Waals surface area (Å²) in [5.41, 5.74) is 1.55. The van der Waals surface area contributed by atoms with Crippen molar-refractivity contribution in [3.05, 3.63) is 71.8 Å². The molecule has 0 aliphatic carbocycles. The van der Waals surface area contributed by atoms with E-state index in [-0.39, 0.29) is 19.0 Å². The minimum atomic E-state index is -0.0751. The lowest BCUT2D eigenvalue weighted by Gasteiger charge is -1.96. The van der Waals surface area contributed by atoms with Gasteiger partial charge in [-0.25, -0.2) is 0 Å². The van der Waals surface area contributed by atoms with Crippen molar-refractivity contribution in [1.82, 2.24) is 0 Å². The summed E-state index contributed by atoms with van der Waals surface area (Å²) in [6.45, 7) is 0. The van der Waals surface area contributed by atoms with E-state index in [4.69, 9.17) is 5.11 Å². The largest absolute Gasteiger partial charge is 0.508 e. The van der Waals surface area contributed by atoms with Crippen molar-refractivity contribution in [1.29, 1.82) is 0 Å². The summed E-state index contributed by atoms with van der Waals surface area (Å²) in [5, 5.41) is 9.12. The summed E-state index contributed by atoms with van der Waals surface area (Å²) in [4.78, 5) is 11.8. The number of hydrogen-bond donors (Lipinski definition) is 1. The molecule has 2 nitrogen and oxygen atoms in total. The van der Waals surface area contributed by atoms with Gasteiger partial charge in [0.15, 0.2) is 5.78 Å². The molecule has 0 unspecified atom stereocenters. The van der Waals surface area contributed by atoms with Crippen molar-refractivity contribution in [3.63, 3.8) is 0 Å². The third-order valence-corrected chi connectivity index (χ3v) is 2.38. The highest BCUT2D eigenvalue weighted by Crippen LogP contribution is 2.11. The van der Waals surface area contributed by atoms with Gasteiger partial charge in [-0.3, -0.25) is 4.79 Å². The zero-order chi connectivity index (χ0) is 12.1. The number of aromatic hydroxyl groups is 1. The molecule has 0 aromatic heterocycles. The SMILES string of the molecule is C.O=C(/C=C/c1ccccc1)c1ccc(O)cc1. The Morgan fingerprint density at radius 1 is 0.944 bits per heavy atom. The summed E-state index contributed by atoms with van der Waals surface area (Å²) >= 11 is 0. The van der Waals surface area contributed by atoms with Crippen molar-refractivity contribution < 1.29 is 9.90 Å². The molecule has 0 spiro atoms. The molecule has 0 saturated heterocycles. The predicted octanol–water partition coefficient (Wildman–Crippen LogP) is 3.92. The summed E-state index contributed by atoms with van der Waals surface area (Å²) < 4.78 is 0. The second kappa shape index (κ2) is 6.40. The smallest absolute Gasteiger partial charge is 0.185 e. The Kier molecular flexibility index (Phi) is 4.88. The number of benzene rings is 2. The first-order chi connectivity index (χ1) is 8.25. The molecule has 92 valence electrons. The van der Waals surface area contributed by atoms with Gasteiger partial charge in [0.25, 0.3) is 0 Å². The quantitative estimate of drug-likeness (QED) is 0.652. The minimum absolute atomic E-state index is 0. The van der Waals surface area contributed by atoms with E-state index in [0.717, 1.165) is 5.56 Å². The summed E-state index contributed by atoms with van der Waals surface area (Å²) in [6.07, 6.45) is 3.30. The number of phenols is 1. The topological polar surface area (TPSA) is 37.3 Å². The highest BCUT2D eigenvalue weighted by molar-refractivity contribution is 6.06. The number of hydrogen-bond acceptors (Lipinski definition) is 2. The molecule has 2 rings (SSSR count). The van der Waals surface area contributed by atoms with Crippen molar-refractivity contribution in [3.8, 4) is 5.75 Å². The van der Waals surface area contributed by atoms with Crippen LogP contribution in [0, 0.1) is 0 Å². The zero-order valence-corrected chi connectivity index (χ0v) is 9.21. The molecule has 2 aromatic carbocycles. The molecule has 0 heterocycles. The number of carbonyl (C=O) groups excluding carboxylic acids is 1. The van der Waals surface area contributed by atoms with Crippen LogP contribution < -0.4 is 0 Å². The average Bonchev–Trinajstić information content (AvgIpc) is 2.38. The number of carbonyl (C=O) groups is 1. The van der Waals surface area contributed by atoms with E-state index in [1.54, 1.807) is 18.2 Å². The molecule has 2 aromatic rings. The van der Waals surface area contributed by atoms with Gasteiger partial charge in [0.05, 0.1) is 0 Å². The first kappa shape index (κ1) is 13.7. The van der Waals surface area contributed by atoms with Crippen LogP contribution in [0.15, 0.2) is 60.7 Å². The predicted molar refractivity (Wildman–Crippen MR) is 74.6 cm³/mol. The molecule has 2 heteroatoms.